The molecule has 0 aliphatic carbocycles. The van der Waals surface area contributed by atoms with Crippen LogP contribution in [0.5, 0.6) is 0 Å². The number of halogens is 3. The lowest BCUT2D eigenvalue weighted by molar-refractivity contribution is -0.141. The highest BCUT2D eigenvalue weighted by molar-refractivity contribution is 5.92. The molecule has 138 valence electrons. The van der Waals surface area contributed by atoms with Gasteiger partial charge in [-0.1, -0.05) is 12.1 Å². The molecule has 1 amide bonds. The second kappa shape index (κ2) is 6.81. The number of nitrogens with one attached hydrogen (secondary N) is 1. The van der Waals surface area contributed by atoms with E-state index in [9.17, 15) is 22.8 Å². The molecule has 1 fully saturated rings. The summed E-state index contributed by atoms with van der Waals surface area (Å²) in [6, 6.07) is 7.19. The highest BCUT2D eigenvalue weighted by atomic mass is 19.4. The van der Waals surface area contributed by atoms with E-state index in [4.69, 9.17) is 5.11 Å². The van der Waals surface area contributed by atoms with Gasteiger partial charge >= 0.3 is 12.1 Å². The van der Waals surface area contributed by atoms with Crippen LogP contribution in [-0.4, -0.2) is 45.2 Å². The number of aromatic nitrogens is 2. The highest BCUT2D eigenvalue weighted by Crippen LogP contribution is 2.30. The van der Waals surface area contributed by atoms with E-state index in [1.165, 1.54) is 11.0 Å². The van der Waals surface area contributed by atoms with Crippen molar-refractivity contribution in [3.8, 4) is 0 Å². The average Bonchev–Trinajstić information content (AvgIpc) is 3.12. The Morgan fingerprint density at radius 3 is 2.69 bits per heavy atom. The molecule has 1 atom stereocenters. The van der Waals surface area contributed by atoms with Crippen LogP contribution < -0.4 is 0 Å². The lowest BCUT2D eigenvalue weighted by atomic mass is 9.89. The Morgan fingerprint density at radius 2 is 2.04 bits per heavy atom. The fraction of sp³-hybridized carbons (Fsp3) is 0.353. The number of alkyl halides is 3. The molecule has 1 aromatic carbocycles. The minimum Gasteiger partial charge on any atom is -0.478 e. The van der Waals surface area contributed by atoms with Crippen molar-refractivity contribution in [2.75, 3.05) is 13.1 Å². The summed E-state index contributed by atoms with van der Waals surface area (Å²) in [6.07, 6.45) is -3.15. The Kier molecular flexibility index (Phi) is 4.71. The van der Waals surface area contributed by atoms with E-state index < -0.39 is 23.7 Å². The number of amides is 1. The topological polar surface area (TPSA) is 86.3 Å². The van der Waals surface area contributed by atoms with E-state index in [-0.39, 0.29) is 17.2 Å². The van der Waals surface area contributed by atoms with Crippen molar-refractivity contribution in [2.45, 2.75) is 24.9 Å². The van der Waals surface area contributed by atoms with Crippen LogP contribution in [0, 0.1) is 0 Å². The van der Waals surface area contributed by atoms with Crippen LogP contribution in [-0.2, 0) is 6.18 Å². The molecule has 1 aliphatic heterocycles. The minimum atomic E-state index is -4.59. The van der Waals surface area contributed by atoms with Gasteiger partial charge in [0.1, 0.15) is 5.69 Å². The molecule has 3 rings (SSSR count). The summed E-state index contributed by atoms with van der Waals surface area (Å²) < 4.78 is 37.9. The number of piperidine rings is 1. The maximum atomic E-state index is 12.6. The molecule has 1 saturated heterocycles. The van der Waals surface area contributed by atoms with Gasteiger partial charge in [-0.15, -0.1) is 0 Å². The number of benzene rings is 1. The van der Waals surface area contributed by atoms with E-state index in [0.29, 0.717) is 25.6 Å². The van der Waals surface area contributed by atoms with Gasteiger partial charge in [0.15, 0.2) is 5.69 Å². The van der Waals surface area contributed by atoms with Crippen molar-refractivity contribution in [3.05, 3.63) is 52.8 Å². The molecule has 9 heteroatoms. The smallest absolute Gasteiger partial charge is 0.432 e. The predicted molar refractivity (Wildman–Crippen MR) is 84.9 cm³/mol. The van der Waals surface area contributed by atoms with Gasteiger partial charge in [0.05, 0.1) is 5.56 Å². The number of nitrogens with zero attached hydrogens (tertiary/aromatic N) is 2. The van der Waals surface area contributed by atoms with Crippen molar-refractivity contribution in [1.29, 1.82) is 0 Å². The van der Waals surface area contributed by atoms with Crippen LogP contribution in [0.15, 0.2) is 30.3 Å². The van der Waals surface area contributed by atoms with Gasteiger partial charge in [0, 0.05) is 25.1 Å². The van der Waals surface area contributed by atoms with Gasteiger partial charge < -0.3 is 10.0 Å². The first-order valence-electron chi connectivity index (χ1n) is 8.01. The van der Waals surface area contributed by atoms with Crippen LogP contribution in [0.2, 0.25) is 0 Å². The Labute approximate surface area is 146 Å². The summed E-state index contributed by atoms with van der Waals surface area (Å²) in [4.78, 5) is 25.0. The third kappa shape index (κ3) is 3.71. The molecule has 2 aromatic rings. The van der Waals surface area contributed by atoms with Gasteiger partial charge in [0.25, 0.3) is 5.91 Å². The molecular formula is C17H16F3N3O3. The highest BCUT2D eigenvalue weighted by Gasteiger charge is 2.35. The van der Waals surface area contributed by atoms with Gasteiger partial charge in [-0.05, 0) is 30.5 Å². The van der Waals surface area contributed by atoms with E-state index in [1.54, 1.807) is 18.2 Å². The van der Waals surface area contributed by atoms with Gasteiger partial charge in [-0.25, -0.2) is 4.79 Å². The number of carboxylic acid groups (broad SMARTS) is 1. The number of likely N-dealkylation sites (tertiary alicyclic amines) is 1. The Morgan fingerprint density at radius 1 is 1.27 bits per heavy atom. The first-order valence-corrected chi connectivity index (χ1v) is 8.01. The van der Waals surface area contributed by atoms with Gasteiger partial charge in [-0.3, -0.25) is 9.89 Å². The molecule has 0 radical (unpaired) electrons. The maximum absolute atomic E-state index is 12.6. The lowest BCUT2D eigenvalue weighted by Crippen LogP contribution is -2.39. The molecule has 0 spiro atoms. The lowest BCUT2D eigenvalue weighted by Gasteiger charge is -2.32. The summed E-state index contributed by atoms with van der Waals surface area (Å²) in [7, 11) is 0. The monoisotopic (exact) mass is 367 g/mol. The molecule has 0 bridgehead atoms. The second-order valence-electron chi connectivity index (χ2n) is 6.19. The maximum Gasteiger partial charge on any atom is 0.432 e. The number of hydrogen-bond acceptors (Lipinski definition) is 3. The molecule has 0 saturated carbocycles. The number of aromatic carboxylic acids is 1. The molecule has 2 heterocycles. The SMILES string of the molecule is O=C(O)c1cccc(C2CCCN(C(=O)c3cc(C(F)(F)F)[nH]n3)C2)c1. The van der Waals surface area contributed by atoms with Crippen LogP contribution >= 0.6 is 0 Å². The van der Waals surface area contributed by atoms with E-state index in [1.807, 2.05) is 5.10 Å². The van der Waals surface area contributed by atoms with Crippen molar-refractivity contribution >= 4 is 11.9 Å². The van der Waals surface area contributed by atoms with Crippen molar-refractivity contribution in [2.24, 2.45) is 0 Å². The molecule has 1 aromatic heterocycles. The first-order chi connectivity index (χ1) is 12.3. The zero-order chi connectivity index (χ0) is 18.9. The number of hydrogen-bond donors (Lipinski definition) is 2. The fourth-order valence-corrected chi connectivity index (χ4v) is 3.10. The number of H-pyrrole nitrogens is 1. The zero-order valence-electron chi connectivity index (χ0n) is 13.6. The molecule has 26 heavy (non-hydrogen) atoms. The quantitative estimate of drug-likeness (QED) is 0.873. The number of carbonyl (C=O) groups is 2. The van der Waals surface area contributed by atoms with Gasteiger partial charge in [0.2, 0.25) is 0 Å². The van der Waals surface area contributed by atoms with Crippen LogP contribution in [0.4, 0.5) is 13.2 Å². The van der Waals surface area contributed by atoms with Crippen LogP contribution in [0.3, 0.4) is 0 Å². The van der Waals surface area contributed by atoms with E-state index >= 15 is 0 Å². The Hall–Kier alpha value is -2.84. The fourth-order valence-electron chi connectivity index (χ4n) is 3.10. The summed E-state index contributed by atoms with van der Waals surface area (Å²) >= 11 is 0. The molecule has 1 aliphatic rings. The third-order valence-electron chi connectivity index (χ3n) is 4.42. The first kappa shape index (κ1) is 18.0. The standard InChI is InChI=1S/C17H16F3N3O3/c18-17(19,20)14-8-13(21-22-14)15(24)23-6-2-5-12(9-23)10-3-1-4-11(7-10)16(25)26/h1,3-4,7-8,12H,2,5-6,9H2,(H,21,22)(H,25,26). The number of aromatic amines is 1. The second-order valence-corrected chi connectivity index (χ2v) is 6.19. The van der Waals surface area contributed by atoms with Gasteiger partial charge in [-0.2, -0.15) is 18.3 Å². The third-order valence-corrected chi connectivity index (χ3v) is 4.42. The van der Waals surface area contributed by atoms with Crippen LogP contribution in [0.25, 0.3) is 0 Å². The Bertz CT molecular complexity index is 832. The number of carbonyl (C=O) groups excluding carboxylic acids is 1. The van der Waals surface area contributed by atoms with Crippen molar-refractivity contribution < 1.29 is 27.9 Å². The predicted octanol–water partition coefficient (Wildman–Crippen LogP) is 3.15. The number of rotatable bonds is 3. The zero-order valence-corrected chi connectivity index (χ0v) is 13.6. The molecule has 2 N–H and O–H groups in total. The largest absolute Gasteiger partial charge is 0.478 e. The minimum absolute atomic E-state index is 0.0759. The summed E-state index contributed by atoms with van der Waals surface area (Å²) in [5, 5.41) is 14.4. The molecular weight excluding hydrogens is 351 g/mol. The summed E-state index contributed by atoms with van der Waals surface area (Å²) in [5.74, 6) is -1.68. The van der Waals surface area contributed by atoms with Crippen molar-refractivity contribution in [1.82, 2.24) is 15.1 Å². The van der Waals surface area contributed by atoms with Crippen molar-refractivity contribution in [3.63, 3.8) is 0 Å². The van der Waals surface area contributed by atoms with E-state index in [0.717, 1.165) is 12.0 Å². The van der Waals surface area contributed by atoms with E-state index in [2.05, 4.69) is 5.10 Å². The van der Waals surface area contributed by atoms with Crippen LogP contribution in [0.1, 0.15) is 50.9 Å². The normalized spacial score (nSPS) is 18.0. The Balaban J connectivity index is 1.76. The molecule has 1 unspecified atom stereocenters. The number of carboxylic acids is 1. The average molecular weight is 367 g/mol. The molecule has 6 nitrogen and oxygen atoms in total. The summed E-state index contributed by atoms with van der Waals surface area (Å²) in [5.41, 5.74) is -0.394. The summed E-state index contributed by atoms with van der Waals surface area (Å²) in [6.45, 7) is 0.721.